The minimum atomic E-state index is -2.21. The summed E-state index contributed by atoms with van der Waals surface area (Å²) in [5.41, 5.74) is -2.21. The maximum atomic E-state index is 15.7. The van der Waals surface area contributed by atoms with Crippen LogP contribution in [0.15, 0.2) is 115 Å². The summed E-state index contributed by atoms with van der Waals surface area (Å²) in [6, 6.07) is 7.59. The van der Waals surface area contributed by atoms with E-state index in [1.807, 2.05) is 0 Å². The summed E-state index contributed by atoms with van der Waals surface area (Å²) in [6.07, 6.45) is -2.54. The van der Waals surface area contributed by atoms with Gasteiger partial charge in [-0.3, -0.25) is 33.6 Å². The summed E-state index contributed by atoms with van der Waals surface area (Å²) in [4.78, 5) is 116. The van der Waals surface area contributed by atoms with Gasteiger partial charge < -0.3 is 92.3 Å². The predicted octanol–water partition coefficient (Wildman–Crippen LogP) is 5.16. The van der Waals surface area contributed by atoms with Crippen molar-refractivity contribution in [2.45, 2.75) is 61.7 Å². The number of benzene rings is 7. The molecule has 7 aromatic rings. The van der Waals surface area contributed by atoms with Crippen LogP contribution in [-0.4, -0.2) is 100 Å². The lowest BCUT2D eigenvalue weighted by Gasteiger charge is -2.31. The van der Waals surface area contributed by atoms with Gasteiger partial charge in [0.15, 0.2) is 29.0 Å². The van der Waals surface area contributed by atoms with Gasteiger partial charge in [0.2, 0.25) is 47.1 Å². The van der Waals surface area contributed by atoms with Gasteiger partial charge in [0.05, 0.1) is 10.0 Å². The number of carboxylic acid groups (broad SMARTS) is 1. The van der Waals surface area contributed by atoms with Gasteiger partial charge >= 0.3 is 5.97 Å². The highest BCUT2D eigenvalue weighted by Crippen LogP contribution is 2.48. The molecule has 6 aliphatic heterocycles. The van der Waals surface area contributed by atoms with Crippen LogP contribution >= 0.6 is 23.2 Å². The largest absolute Gasteiger partial charge is 0.508 e. The molecule has 6 aliphatic rings. The van der Waals surface area contributed by atoms with E-state index in [4.69, 9.17) is 37.4 Å². The van der Waals surface area contributed by atoms with E-state index in [0.29, 0.717) is 0 Å². The van der Waals surface area contributed by atoms with Gasteiger partial charge in [-0.05, 0) is 112 Å². The molecule has 15 N–H and O–H groups in total. The fourth-order valence-electron chi connectivity index (χ4n) is 10.6. The van der Waals surface area contributed by atoms with Gasteiger partial charge in [-0.2, -0.15) is 0 Å². The highest BCUT2D eigenvalue weighted by Gasteiger charge is 2.41. The van der Waals surface area contributed by atoms with Crippen molar-refractivity contribution < 1.29 is 93.4 Å². The molecule has 0 saturated heterocycles. The highest BCUT2D eigenvalue weighted by atomic mass is 35.5. The second-order valence-corrected chi connectivity index (χ2v) is 21.6. The van der Waals surface area contributed by atoms with Gasteiger partial charge in [-0.15, -0.1) is 0 Å². The molecular formula is C60H47Cl2N7O19. The Hall–Kier alpha value is -11.0. The number of phenols is 6. The first-order chi connectivity index (χ1) is 41.9. The van der Waals surface area contributed by atoms with Crippen molar-refractivity contribution in [2.75, 3.05) is 0 Å². The Morgan fingerprint density at radius 2 is 1.09 bits per heavy atom. The molecule has 450 valence electrons. The number of ether oxygens (including phenoxy) is 3. The average Bonchev–Trinajstić information content (AvgIpc) is 2.48. The summed E-state index contributed by atoms with van der Waals surface area (Å²) in [5.74, 6) is -16.1. The molecule has 0 fully saturated rings. The Labute approximate surface area is 505 Å². The number of amides is 7. The second-order valence-electron chi connectivity index (χ2n) is 20.8. The number of aliphatic carboxylic acids is 1. The predicted molar refractivity (Wildman–Crippen MR) is 305 cm³/mol. The van der Waals surface area contributed by atoms with Gasteiger partial charge in [0.1, 0.15) is 82.6 Å². The molecule has 8 atom stereocenters. The van der Waals surface area contributed by atoms with E-state index in [2.05, 4.69) is 37.2 Å². The Balaban J connectivity index is 1.14. The number of aromatic hydroxyl groups is 6. The van der Waals surface area contributed by atoms with Crippen molar-refractivity contribution in [1.29, 1.82) is 0 Å². The van der Waals surface area contributed by atoms with Crippen molar-refractivity contribution in [3.63, 3.8) is 0 Å². The molecule has 28 heteroatoms. The standard InChI is InChI=1S/C60H47Cl2N7O19/c1-22(70)63-46-25-4-7-38(74)42(16-25)86-31-13-27(12-29(71)19-31)48-57(81)67-49-28-17-43(87-40-8-2-23(10-34(40)61)11-36(54(78)65-48)64-55(46)79)53(77)44(18-28)88-41-9-5-26(15-35(41)62)52(76)51-59(83)68-50(60(84)85)33-20-30(72)21-39(75)45(33)32-14-24(3-6-37(32)73)47(56(80)69-51)66-58(49)82/h2-10,12-21,36,46-52,71-77H,11H2,1H3,(H,63,70)(H,64,79)(H,65,78)(H,66,82)(H,67,81)(H,68,83)(H,69,80)(H,84,85)/t36-,46+,47-,48+,49-,50-,51+,52-/m1/s1/i63+1. The first kappa shape index (κ1) is 58.8. The topological polar surface area (TPSA) is 410 Å². The molecule has 0 saturated carbocycles. The van der Waals surface area contributed by atoms with Crippen LogP contribution in [0, 0.1) is 0 Å². The van der Waals surface area contributed by atoms with E-state index >= 15 is 19.2 Å². The molecule has 0 unspecified atom stereocenters. The summed E-state index contributed by atoms with van der Waals surface area (Å²) < 4.78 is 18.5. The van der Waals surface area contributed by atoms with Crippen molar-refractivity contribution >= 4 is 70.5 Å². The number of carbonyl (C=O) groups excluding carboxylic acids is 7. The number of phenolic OH excluding ortho intramolecular Hbond substituents is 6. The Morgan fingerprint density at radius 3 is 1.75 bits per heavy atom. The Kier molecular flexibility index (Phi) is 15.5. The number of carboxylic acids is 1. The van der Waals surface area contributed by atoms with Crippen molar-refractivity contribution in [3.05, 3.63) is 164 Å². The van der Waals surface area contributed by atoms with Crippen LogP contribution in [0.25, 0.3) is 11.1 Å². The monoisotopic (exact) mass is 1240 g/mol. The summed E-state index contributed by atoms with van der Waals surface area (Å²) >= 11 is 13.7. The van der Waals surface area contributed by atoms with Crippen LogP contribution in [0.5, 0.6) is 69.0 Å². The van der Waals surface area contributed by atoms with Crippen LogP contribution in [0.4, 0.5) is 0 Å². The quantitative estimate of drug-likeness (QED) is 0.0994. The summed E-state index contributed by atoms with van der Waals surface area (Å²) in [7, 11) is 0. The van der Waals surface area contributed by atoms with E-state index < -0.39 is 165 Å². The third-order valence-electron chi connectivity index (χ3n) is 14.7. The van der Waals surface area contributed by atoms with Gasteiger partial charge in [-0.1, -0.05) is 47.5 Å². The summed E-state index contributed by atoms with van der Waals surface area (Å²) in [6.45, 7) is 1.13. The molecule has 0 aromatic heterocycles. The van der Waals surface area contributed by atoms with E-state index in [1.54, 1.807) is 0 Å². The smallest absolute Gasteiger partial charge is 0.330 e. The normalized spacial score (nSPS) is 21.6. The lowest BCUT2D eigenvalue weighted by Crippen LogP contribution is -2.55. The number of carbonyl (C=O) groups is 8. The van der Waals surface area contributed by atoms with Gasteiger partial charge in [0.25, 0.3) is 0 Å². The minimum Gasteiger partial charge on any atom is -0.508 e. The minimum absolute atomic E-state index is 0.0595. The number of rotatable bonds is 2. The average molecular weight is 1240 g/mol. The molecule has 0 radical (unpaired) electrons. The highest BCUT2D eigenvalue weighted by molar-refractivity contribution is 6.32. The lowest BCUT2D eigenvalue weighted by molar-refractivity contribution is -0.143. The maximum absolute atomic E-state index is 15.7. The fourth-order valence-corrected chi connectivity index (χ4v) is 11.0. The van der Waals surface area contributed by atoms with Crippen molar-refractivity contribution in [1.82, 2.24) is 37.2 Å². The molecular weight excluding hydrogens is 1190 g/mol. The van der Waals surface area contributed by atoms with Crippen LogP contribution in [0.2, 0.25) is 10.0 Å². The molecule has 7 aromatic carbocycles. The third kappa shape index (κ3) is 11.5. The third-order valence-corrected chi connectivity index (χ3v) is 15.3. The number of nitrogens with one attached hydrogen (secondary N) is 7. The maximum Gasteiger partial charge on any atom is 0.330 e. The molecule has 26 nitrogen and oxygen atoms in total. The first-order valence-electron chi connectivity index (χ1n) is 26.4. The molecule has 0 aliphatic carbocycles. The fraction of sp³-hybridized carbons (Fsp3) is 0.167. The number of aliphatic hydroxyl groups excluding tert-OH is 1. The lowest BCUT2D eigenvalue weighted by atomic mass is 9.89. The van der Waals surface area contributed by atoms with Gasteiger partial charge in [-0.25, -0.2) is 4.79 Å². The molecule has 7 amide bonds. The molecule has 17 bridgehead atoms. The SMILES string of the molecule is CC(=O)[15NH][C@@H]1C(=O)N[C@@H]2Cc3ccc(c(Cl)c3)Oc3cc4cc(c3O)Oc3ccc(cc3Cl)[C@@H](O)[C@@H]3NC(=O)[C@H](NC(=O)[C@@H]4NC(=O)[C@@H](NC2=O)c2cc(O)cc(c2)Oc2cc1ccc2O)c1ccc(O)c(c1)-c1c(O)cc(O)cc1[C@H](C(=O)O)NC3=O. The first-order valence-corrected chi connectivity index (χ1v) is 27.2. The van der Waals surface area contributed by atoms with Crippen molar-refractivity contribution in [3.8, 4) is 80.1 Å². The number of hydrogen-bond acceptors (Lipinski definition) is 18. The second kappa shape index (κ2) is 23.1. The van der Waals surface area contributed by atoms with Crippen LogP contribution in [0.3, 0.4) is 0 Å². The van der Waals surface area contributed by atoms with E-state index in [9.17, 15) is 60.0 Å². The zero-order valence-electron chi connectivity index (χ0n) is 45.1. The molecule has 0 spiro atoms. The molecule has 13 rings (SSSR count). The van der Waals surface area contributed by atoms with E-state index in [1.165, 1.54) is 48.5 Å². The summed E-state index contributed by atoms with van der Waals surface area (Å²) in [5, 5.41) is 108. The van der Waals surface area contributed by atoms with Gasteiger partial charge in [0, 0.05) is 42.2 Å². The molecule has 6 heterocycles. The number of halogens is 2. The van der Waals surface area contributed by atoms with Crippen LogP contribution in [0.1, 0.15) is 82.2 Å². The van der Waals surface area contributed by atoms with E-state index in [0.717, 1.165) is 73.7 Å². The number of hydrogen-bond donors (Lipinski definition) is 15. The van der Waals surface area contributed by atoms with Crippen LogP contribution in [-0.2, 0) is 44.8 Å². The molecule has 88 heavy (non-hydrogen) atoms. The zero-order chi connectivity index (χ0) is 62.7. The zero-order valence-corrected chi connectivity index (χ0v) is 46.6. The van der Waals surface area contributed by atoms with Crippen LogP contribution < -0.4 is 51.4 Å². The Bertz CT molecular complexity index is 4170. The van der Waals surface area contributed by atoms with Crippen molar-refractivity contribution in [2.24, 2.45) is 0 Å². The Morgan fingerprint density at radius 1 is 0.511 bits per heavy atom. The number of aliphatic hydroxyl groups is 1. The number of fused-ring (bicyclic) bond motifs is 14. The van der Waals surface area contributed by atoms with E-state index in [-0.39, 0.29) is 66.4 Å².